The van der Waals surface area contributed by atoms with E-state index in [-0.39, 0.29) is 0 Å². The van der Waals surface area contributed by atoms with Crippen LogP contribution < -0.4 is 0 Å². The number of para-hydroxylation sites is 2. The van der Waals surface area contributed by atoms with E-state index in [1.807, 2.05) is 42.5 Å². The zero-order valence-corrected chi connectivity index (χ0v) is 27.5. The van der Waals surface area contributed by atoms with Crippen molar-refractivity contribution >= 4 is 43.5 Å². The molecule has 0 atom stereocenters. The van der Waals surface area contributed by atoms with Gasteiger partial charge < -0.3 is 0 Å². The Morgan fingerprint density at radius 1 is 0.392 bits per heavy atom. The van der Waals surface area contributed by atoms with Crippen molar-refractivity contribution in [2.45, 2.75) is 0 Å². The monoisotopic (exact) mass is 651 g/mol. The lowest BCUT2D eigenvalue weighted by Crippen LogP contribution is -1.97. The molecule has 51 heavy (non-hydrogen) atoms. The molecular formula is C46H29N5. The lowest BCUT2D eigenvalue weighted by molar-refractivity contribution is 0.766. The summed E-state index contributed by atoms with van der Waals surface area (Å²) in [6.07, 6.45) is 0. The zero-order chi connectivity index (χ0) is 33.7. The van der Waals surface area contributed by atoms with Gasteiger partial charge in [-0.15, -0.1) is 10.2 Å². The van der Waals surface area contributed by atoms with Gasteiger partial charge in [-0.1, -0.05) is 146 Å². The Balaban J connectivity index is 1.13. The van der Waals surface area contributed by atoms with E-state index in [0.717, 1.165) is 77.1 Å². The number of benzene rings is 8. The Bertz CT molecular complexity index is 2900. The highest BCUT2D eigenvalue weighted by molar-refractivity contribution is 6.19. The van der Waals surface area contributed by atoms with Crippen LogP contribution >= 0.6 is 0 Å². The average molecular weight is 652 g/mol. The third-order valence-electron chi connectivity index (χ3n) is 9.69. The lowest BCUT2D eigenvalue weighted by atomic mass is 9.94. The summed E-state index contributed by atoms with van der Waals surface area (Å²) in [5.41, 5.74) is 11.0. The minimum atomic E-state index is 0.692. The molecule has 0 bridgehead atoms. The lowest BCUT2D eigenvalue weighted by Gasteiger charge is -2.14. The molecule has 0 saturated carbocycles. The van der Waals surface area contributed by atoms with E-state index in [2.05, 4.69) is 133 Å². The number of aromatic nitrogens is 5. The summed E-state index contributed by atoms with van der Waals surface area (Å²) in [5, 5.41) is 15.4. The van der Waals surface area contributed by atoms with Crippen molar-refractivity contribution < 1.29 is 0 Å². The van der Waals surface area contributed by atoms with Gasteiger partial charge in [-0.25, -0.2) is 9.97 Å². The van der Waals surface area contributed by atoms with Crippen LogP contribution in [0.2, 0.25) is 0 Å². The van der Waals surface area contributed by atoms with Gasteiger partial charge >= 0.3 is 0 Å². The van der Waals surface area contributed by atoms with E-state index in [1.54, 1.807) is 4.80 Å². The van der Waals surface area contributed by atoms with Gasteiger partial charge in [0.05, 0.1) is 16.9 Å². The topological polar surface area (TPSA) is 56.5 Å². The summed E-state index contributed by atoms with van der Waals surface area (Å²) >= 11 is 0. The summed E-state index contributed by atoms with van der Waals surface area (Å²) in [4.78, 5) is 12.1. The van der Waals surface area contributed by atoms with Gasteiger partial charge in [-0.05, 0) is 68.7 Å². The van der Waals surface area contributed by atoms with Crippen molar-refractivity contribution in [1.29, 1.82) is 0 Å². The highest BCUT2D eigenvalue weighted by Crippen LogP contribution is 2.38. The van der Waals surface area contributed by atoms with E-state index in [4.69, 9.17) is 20.2 Å². The largest absolute Gasteiger partial charge is 0.228 e. The van der Waals surface area contributed by atoms with Crippen LogP contribution in [0.25, 0.3) is 94.1 Å². The van der Waals surface area contributed by atoms with Gasteiger partial charge in [0.2, 0.25) is 0 Å². The molecule has 0 amide bonds. The van der Waals surface area contributed by atoms with Crippen molar-refractivity contribution in [3.63, 3.8) is 0 Å². The van der Waals surface area contributed by atoms with Crippen LogP contribution in [0, 0.1) is 0 Å². The van der Waals surface area contributed by atoms with Crippen LogP contribution in [-0.2, 0) is 0 Å². The highest BCUT2D eigenvalue weighted by atomic mass is 15.5. The summed E-state index contributed by atoms with van der Waals surface area (Å²) < 4.78 is 0. The minimum absolute atomic E-state index is 0.692. The average Bonchev–Trinajstić information content (AvgIpc) is 3.66. The third-order valence-corrected chi connectivity index (χ3v) is 9.69. The van der Waals surface area contributed by atoms with Crippen molar-refractivity contribution in [1.82, 2.24) is 25.0 Å². The SMILES string of the molecule is c1ccc(-c2ccc(-c3nc(-c4ccccc4-c4ccc5ccc6ccc7nn(-c8ccccc8)nc7c6c5c4)nc4ccccc34)cc2)cc1. The van der Waals surface area contributed by atoms with Crippen LogP contribution in [0.4, 0.5) is 0 Å². The van der Waals surface area contributed by atoms with Crippen molar-refractivity contribution in [3.05, 3.63) is 176 Å². The molecule has 0 fully saturated rings. The van der Waals surface area contributed by atoms with E-state index >= 15 is 0 Å². The van der Waals surface area contributed by atoms with Crippen molar-refractivity contribution in [2.75, 3.05) is 0 Å². The Kier molecular flexibility index (Phi) is 6.74. The van der Waals surface area contributed by atoms with Crippen molar-refractivity contribution in [2.24, 2.45) is 0 Å². The molecule has 0 aliphatic carbocycles. The van der Waals surface area contributed by atoms with Crippen LogP contribution in [0.15, 0.2) is 176 Å². The summed E-state index contributed by atoms with van der Waals surface area (Å²) in [7, 11) is 0. The molecule has 0 saturated heterocycles. The molecule has 5 nitrogen and oxygen atoms in total. The Morgan fingerprint density at radius 3 is 1.86 bits per heavy atom. The Labute approximate surface area is 294 Å². The molecule has 0 unspecified atom stereocenters. The molecule has 238 valence electrons. The predicted molar refractivity (Wildman–Crippen MR) is 209 cm³/mol. The second-order valence-electron chi connectivity index (χ2n) is 12.8. The van der Waals surface area contributed by atoms with E-state index in [1.165, 1.54) is 11.1 Å². The molecule has 10 rings (SSSR count). The molecule has 0 N–H and O–H groups in total. The van der Waals surface area contributed by atoms with Crippen LogP contribution in [0.3, 0.4) is 0 Å². The molecule has 2 heterocycles. The summed E-state index contributed by atoms with van der Waals surface area (Å²) in [6, 6.07) is 61.1. The molecular weight excluding hydrogens is 623 g/mol. The first-order valence-electron chi connectivity index (χ1n) is 17.1. The second-order valence-corrected chi connectivity index (χ2v) is 12.8. The first kappa shape index (κ1) is 29.0. The summed E-state index contributed by atoms with van der Waals surface area (Å²) in [6.45, 7) is 0. The standard InChI is InChI=1S/C46H29N5/c1-3-11-30(12-4-1)31-19-24-34(25-20-31)44-39-17-9-10-18-41(39)47-46(48-44)38-16-8-7-15-37(38)35-26-22-32-21-23-33-27-28-42-45(43(33)40(32)29-35)50-51(49-42)36-13-5-2-6-14-36/h1-29H. The number of nitrogens with zero attached hydrogens (tertiary/aromatic N) is 5. The van der Waals surface area contributed by atoms with E-state index in [0.29, 0.717) is 5.82 Å². The molecule has 0 aliphatic heterocycles. The number of rotatable bonds is 5. The fourth-order valence-corrected chi connectivity index (χ4v) is 7.16. The maximum atomic E-state index is 5.28. The number of hydrogen-bond acceptors (Lipinski definition) is 4. The second kappa shape index (κ2) is 11.9. The van der Waals surface area contributed by atoms with Gasteiger partial charge in [-0.2, -0.15) is 4.80 Å². The number of hydrogen-bond donors (Lipinski definition) is 0. The van der Waals surface area contributed by atoms with Gasteiger partial charge in [0, 0.05) is 21.9 Å². The van der Waals surface area contributed by atoms with Gasteiger partial charge in [0.25, 0.3) is 0 Å². The first-order valence-corrected chi connectivity index (χ1v) is 17.1. The molecule has 5 heteroatoms. The molecule has 8 aromatic carbocycles. The molecule has 2 aromatic heterocycles. The summed E-state index contributed by atoms with van der Waals surface area (Å²) in [5.74, 6) is 0.692. The van der Waals surface area contributed by atoms with Gasteiger partial charge in [0.1, 0.15) is 11.0 Å². The van der Waals surface area contributed by atoms with E-state index in [9.17, 15) is 0 Å². The van der Waals surface area contributed by atoms with E-state index < -0.39 is 0 Å². The molecule has 10 aromatic rings. The molecule has 0 aliphatic rings. The first-order chi connectivity index (χ1) is 25.3. The quantitative estimate of drug-likeness (QED) is 0.174. The van der Waals surface area contributed by atoms with Gasteiger partial charge in [0.15, 0.2) is 5.82 Å². The van der Waals surface area contributed by atoms with Crippen molar-refractivity contribution in [3.8, 4) is 50.6 Å². The highest BCUT2D eigenvalue weighted by Gasteiger charge is 2.17. The van der Waals surface area contributed by atoms with Crippen LogP contribution in [-0.4, -0.2) is 25.0 Å². The number of fused-ring (bicyclic) bond motifs is 6. The maximum Gasteiger partial charge on any atom is 0.161 e. The van der Waals surface area contributed by atoms with Gasteiger partial charge in [-0.3, -0.25) is 0 Å². The molecule has 0 spiro atoms. The van der Waals surface area contributed by atoms with Crippen LogP contribution in [0.5, 0.6) is 0 Å². The fraction of sp³-hybridized carbons (Fsp3) is 0. The maximum absolute atomic E-state index is 5.28. The predicted octanol–water partition coefficient (Wildman–Crippen LogP) is 11.3. The third kappa shape index (κ3) is 5.03. The fourth-order valence-electron chi connectivity index (χ4n) is 7.16. The Hall–Kier alpha value is -6.98. The zero-order valence-electron chi connectivity index (χ0n) is 27.5. The van der Waals surface area contributed by atoms with Crippen LogP contribution in [0.1, 0.15) is 0 Å². The smallest absolute Gasteiger partial charge is 0.161 e. The minimum Gasteiger partial charge on any atom is -0.228 e. The Morgan fingerprint density at radius 2 is 1.02 bits per heavy atom. The normalized spacial score (nSPS) is 11.5. The molecule has 0 radical (unpaired) electrons.